The Morgan fingerprint density at radius 1 is 1.41 bits per heavy atom. The van der Waals surface area contributed by atoms with E-state index in [2.05, 4.69) is 10.3 Å². The van der Waals surface area contributed by atoms with Gasteiger partial charge >= 0.3 is 17.2 Å². The van der Waals surface area contributed by atoms with Crippen LogP contribution in [0, 0.1) is 0 Å². The highest BCUT2D eigenvalue weighted by atomic mass is 35.5. The molecule has 1 fully saturated rings. The van der Waals surface area contributed by atoms with Crippen LogP contribution >= 0.6 is 23.4 Å². The van der Waals surface area contributed by atoms with E-state index < -0.39 is 40.0 Å². The highest BCUT2D eigenvalue weighted by molar-refractivity contribution is 8.16. The van der Waals surface area contributed by atoms with Crippen molar-refractivity contribution in [2.24, 2.45) is 4.99 Å². The Bertz CT molecular complexity index is 667. The number of rotatable bonds is 1. The molecule has 2 N–H and O–H groups in total. The maximum Gasteiger partial charge on any atom is 0.442 e. The molecule has 0 aromatic heterocycles. The molecule has 118 valence electrons. The Morgan fingerprint density at radius 3 is 2.64 bits per heavy atom. The van der Waals surface area contributed by atoms with Crippen molar-refractivity contribution in [3.8, 4) is 0 Å². The van der Waals surface area contributed by atoms with E-state index in [0.717, 1.165) is 0 Å². The first-order valence-corrected chi connectivity index (χ1v) is 6.72. The largest absolute Gasteiger partial charge is 0.442 e. The molecule has 0 spiro atoms. The van der Waals surface area contributed by atoms with Crippen molar-refractivity contribution in [2.75, 3.05) is 5.32 Å². The lowest BCUT2D eigenvalue weighted by atomic mass is 10.3. The van der Waals surface area contributed by atoms with E-state index in [0.29, 0.717) is 5.02 Å². The third-order valence-corrected chi connectivity index (χ3v) is 3.71. The van der Waals surface area contributed by atoms with Gasteiger partial charge in [0.25, 0.3) is 5.91 Å². The molecular weight excluding hydrogens is 350 g/mol. The second kappa shape index (κ2) is 5.76. The molecule has 22 heavy (non-hydrogen) atoms. The molecule has 1 aliphatic heterocycles. The van der Waals surface area contributed by atoms with Gasteiger partial charge in [0.2, 0.25) is 0 Å². The molecule has 2 rings (SSSR count). The van der Waals surface area contributed by atoms with Crippen LogP contribution in [0.2, 0.25) is 5.02 Å². The van der Waals surface area contributed by atoms with Crippen molar-refractivity contribution in [1.82, 2.24) is 5.32 Å². The summed E-state index contributed by atoms with van der Waals surface area (Å²) in [5.41, 5.74) is 0.235. The average Bonchev–Trinajstić information content (AvgIpc) is 2.64. The van der Waals surface area contributed by atoms with Gasteiger partial charge in [-0.15, -0.1) is 0 Å². The zero-order valence-corrected chi connectivity index (χ0v) is 11.9. The summed E-state index contributed by atoms with van der Waals surface area (Å²) in [5.74, 6) is -1.93. The molecule has 0 bridgehead atoms. The minimum absolute atomic E-state index is 0.235. The molecule has 5 nitrogen and oxygen atoms in total. The van der Waals surface area contributed by atoms with Gasteiger partial charge < -0.3 is 10.6 Å². The predicted molar refractivity (Wildman–Crippen MR) is 73.5 cm³/mol. The molecule has 3 amide bonds. The second-order valence-electron chi connectivity index (χ2n) is 4.01. The van der Waals surface area contributed by atoms with Crippen LogP contribution in [0.3, 0.4) is 0 Å². The number of thioether (sulfide) groups is 1. The normalized spacial score (nSPS) is 23.5. The summed E-state index contributed by atoms with van der Waals surface area (Å²) in [6, 6.07) is 4.80. The fourth-order valence-electron chi connectivity index (χ4n) is 1.43. The van der Waals surface area contributed by atoms with Crippen molar-refractivity contribution in [2.45, 2.75) is 11.2 Å². The topological polar surface area (TPSA) is 70.6 Å². The van der Waals surface area contributed by atoms with Crippen LogP contribution < -0.4 is 10.6 Å². The first-order valence-electron chi connectivity index (χ1n) is 5.53. The first kappa shape index (κ1) is 16.6. The monoisotopic (exact) mass is 355 g/mol. The molecule has 1 aromatic carbocycles. The van der Waals surface area contributed by atoms with Crippen LogP contribution in [0.15, 0.2) is 29.3 Å². The highest BCUT2D eigenvalue weighted by Gasteiger charge is 2.67. The van der Waals surface area contributed by atoms with Crippen LogP contribution in [0.5, 0.6) is 0 Å². The number of amidine groups is 1. The van der Waals surface area contributed by atoms with E-state index in [9.17, 15) is 27.2 Å². The summed E-state index contributed by atoms with van der Waals surface area (Å²) in [4.78, 5) is 25.8. The van der Waals surface area contributed by atoms with Crippen molar-refractivity contribution < 1.29 is 27.2 Å². The van der Waals surface area contributed by atoms with Gasteiger partial charge in [-0.1, -0.05) is 17.7 Å². The fraction of sp³-hybridized carbons (Fsp3) is 0.182. The molecule has 11 heteroatoms. The number of nitrogens with zero attached hydrogens (tertiary/aromatic N) is 1. The fourth-order valence-corrected chi connectivity index (χ4v) is 2.42. The molecule has 0 aliphatic carbocycles. The molecule has 0 radical (unpaired) electrons. The molecule has 1 saturated heterocycles. The molecule has 1 atom stereocenters. The van der Waals surface area contributed by atoms with E-state index in [4.69, 9.17) is 11.6 Å². The van der Waals surface area contributed by atoms with Gasteiger partial charge in [0.15, 0.2) is 5.17 Å². The second-order valence-corrected chi connectivity index (χ2v) is 5.60. The SMILES string of the molecule is O=C(/N=C1/NC(=O)C(F)(C(F)(F)F)S1)Nc1cccc(Cl)c1. The van der Waals surface area contributed by atoms with E-state index >= 15 is 0 Å². The summed E-state index contributed by atoms with van der Waals surface area (Å²) in [7, 11) is 0. The van der Waals surface area contributed by atoms with E-state index in [1.54, 1.807) is 5.32 Å². The standard InChI is InChI=1S/C11H6ClF4N3O2S/c12-5-2-1-3-6(4-5)17-8(21)19-9-18-7(20)10(13,22-9)11(14,15)16/h1-4H,(H2,17,18,19,20,21). The number of amides is 3. The third-order valence-electron chi connectivity index (χ3n) is 2.39. The number of carbonyl (C=O) groups is 2. The third kappa shape index (κ3) is 3.33. The Hall–Kier alpha value is -1.81. The van der Waals surface area contributed by atoms with Crippen molar-refractivity contribution in [1.29, 1.82) is 0 Å². The number of aliphatic imine (C=N–C) groups is 1. The summed E-state index contributed by atoms with van der Waals surface area (Å²) < 4.78 is 51.0. The van der Waals surface area contributed by atoms with Gasteiger partial charge in [0.1, 0.15) is 0 Å². The Kier molecular flexibility index (Phi) is 4.34. The van der Waals surface area contributed by atoms with Gasteiger partial charge in [-0.3, -0.25) is 4.79 Å². The number of anilines is 1. The molecule has 1 aromatic rings. The van der Waals surface area contributed by atoms with Gasteiger partial charge in [0.05, 0.1) is 0 Å². The Balaban J connectivity index is 2.11. The predicted octanol–water partition coefficient (Wildman–Crippen LogP) is 3.32. The van der Waals surface area contributed by atoms with Crippen LogP contribution in [0.25, 0.3) is 0 Å². The zero-order valence-electron chi connectivity index (χ0n) is 10.4. The Labute approximate surface area is 130 Å². The van der Waals surface area contributed by atoms with Gasteiger partial charge in [0, 0.05) is 10.7 Å². The zero-order chi connectivity index (χ0) is 16.5. The first-order chi connectivity index (χ1) is 10.1. The van der Waals surface area contributed by atoms with Crippen molar-refractivity contribution in [3.05, 3.63) is 29.3 Å². The lowest BCUT2D eigenvalue weighted by Gasteiger charge is -2.17. The van der Waals surface area contributed by atoms with Crippen molar-refractivity contribution in [3.63, 3.8) is 0 Å². The lowest BCUT2D eigenvalue weighted by molar-refractivity contribution is -0.195. The molecule has 1 heterocycles. The van der Waals surface area contributed by atoms with Gasteiger partial charge in [-0.25, -0.2) is 9.18 Å². The summed E-state index contributed by atoms with van der Waals surface area (Å²) in [6.45, 7) is 0. The smallest absolute Gasteiger partial charge is 0.306 e. The van der Waals surface area contributed by atoms with E-state index in [-0.39, 0.29) is 5.69 Å². The van der Waals surface area contributed by atoms with Crippen LogP contribution in [0.1, 0.15) is 0 Å². The van der Waals surface area contributed by atoms with E-state index in [1.165, 1.54) is 24.3 Å². The summed E-state index contributed by atoms with van der Waals surface area (Å²) >= 11 is 5.16. The number of hydrogen-bond acceptors (Lipinski definition) is 3. The minimum atomic E-state index is -5.43. The van der Waals surface area contributed by atoms with Crippen molar-refractivity contribution >= 4 is 46.2 Å². The minimum Gasteiger partial charge on any atom is -0.306 e. The number of benzene rings is 1. The Morgan fingerprint density at radius 2 is 2.09 bits per heavy atom. The maximum atomic E-state index is 13.6. The molecule has 1 unspecified atom stereocenters. The molecular formula is C11H6ClF4N3O2S. The number of halogens is 5. The van der Waals surface area contributed by atoms with Crippen LogP contribution in [-0.4, -0.2) is 28.3 Å². The van der Waals surface area contributed by atoms with E-state index in [1.807, 2.05) is 0 Å². The highest BCUT2D eigenvalue weighted by Crippen LogP contribution is 2.46. The summed E-state index contributed by atoms with van der Waals surface area (Å²) in [5, 5.41) is -0.856. The lowest BCUT2D eigenvalue weighted by Crippen LogP contribution is -2.45. The van der Waals surface area contributed by atoms with Gasteiger partial charge in [-0.2, -0.15) is 18.2 Å². The molecule has 0 saturated carbocycles. The number of hydrogen-bond donors (Lipinski definition) is 2. The van der Waals surface area contributed by atoms with Crippen LogP contribution in [-0.2, 0) is 4.79 Å². The number of alkyl halides is 4. The summed E-state index contributed by atoms with van der Waals surface area (Å²) in [6.07, 6.45) is -5.43. The average molecular weight is 356 g/mol. The maximum absolute atomic E-state index is 13.6. The quantitative estimate of drug-likeness (QED) is 0.759. The van der Waals surface area contributed by atoms with Crippen LogP contribution in [0.4, 0.5) is 28.0 Å². The number of nitrogens with one attached hydrogen (secondary N) is 2. The molecule has 1 aliphatic rings. The van der Waals surface area contributed by atoms with Gasteiger partial charge in [-0.05, 0) is 30.0 Å². The number of urea groups is 1. The number of carbonyl (C=O) groups excluding carboxylic acids is 2.